The van der Waals surface area contributed by atoms with Crippen molar-refractivity contribution in [2.24, 2.45) is 16.8 Å². The van der Waals surface area contributed by atoms with Crippen LogP contribution < -0.4 is 10.2 Å². The fraction of sp³-hybridized carbons (Fsp3) is 0.406. The fourth-order valence-electron chi connectivity index (χ4n) is 6.52. The molecule has 1 aromatic heterocycles. The van der Waals surface area contributed by atoms with Gasteiger partial charge in [0, 0.05) is 37.2 Å². The lowest BCUT2D eigenvalue weighted by atomic mass is 9.77. The monoisotopic (exact) mass is 489 g/mol. The number of nitrogens with zero attached hydrogens (tertiary/aromatic N) is 4. The van der Waals surface area contributed by atoms with E-state index >= 15 is 0 Å². The summed E-state index contributed by atoms with van der Waals surface area (Å²) in [4.78, 5) is 11.6. The molecule has 0 spiro atoms. The van der Waals surface area contributed by atoms with Crippen molar-refractivity contribution in [2.75, 3.05) is 23.3 Å². The molecule has 3 atom stereocenters. The summed E-state index contributed by atoms with van der Waals surface area (Å²) in [6.45, 7) is 3.01. The van der Waals surface area contributed by atoms with Gasteiger partial charge in [-0.25, -0.2) is 4.98 Å². The van der Waals surface area contributed by atoms with Crippen molar-refractivity contribution < 1.29 is 0 Å². The normalized spacial score (nSPS) is 22.9. The Morgan fingerprint density at radius 1 is 0.946 bits per heavy atom. The van der Waals surface area contributed by atoms with Gasteiger partial charge in [0.05, 0.1) is 18.2 Å². The molecule has 6 rings (SSSR count). The number of rotatable bonds is 6. The first-order valence-electron chi connectivity index (χ1n) is 13.9. The number of piperidine rings is 1. The van der Waals surface area contributed by atoms with Crippen LogP contribution in [-0.4, -0.2) is 30.3 Å². The zero-order valence-electron chi connectivity index (χ0n) is 21.4. The van der Waals surface area contributed by atoms with Crippen molar-refractivity contribution in [3.63, 3.8) is 0 Å². The van der Waals surface area contributed by atoms with Gasteiger partial charge >= 0.3 is 0 Å². The highest BCUT2D eigenvalue weighted by Gasteiger charge is 2.30. The molecule has 1 saturated heterocycles. The van der Waals surface area contributed by atoms with Gasteiger partial charge in [0.1, 0.15) is 5.82 Å². The minimum absolute atomic E-state index is 0.482. The molecule has 188 valence electrons. The summed E-state index contributed by atoms with van der Waals surface area (Å²) in [5.74, 6) is 2.39. The molecule has 0 unspecified atom stereocenters. The van der Waals surface area contributed by atoms with Crippen molar-refractivity contribution in [3.05, 3.63) is 77.5 Å². The van der Waals surface area contributed by atoms with Crippen LogP contribution in [0.25, 0.3) is 11.1 Å². The van der Waals surface area contributed by atoms with Crippen molar-refractivity contribution in [3.8, 4) is 17.2 Å². The van der Waals surface area contributed by atoms with Crippen LogP contribution in [-0.2, 0) is 6.54 Å². The molecule has 0 amide bonds. The van der Waals surface area contributed by atoms with Gasteiger partial charge in [0.25, 0.3) is 0 Å². The lowest BCUT2D eigenvalue weighted by molar-refractivity contribution is 0.247. The van der Waals surface area contributed by atoms with Crippen molar-refractivity contribution in [1.82, 2.24) is 4.98 Å². The van der Waals surface area contributed by atoms with Gasteiger partial charge < -0.3 is 10.2 Å². The molecule has 3 heterocycles. The van der Waals surface area contributed by atoms with Gasteiger partial charge in [-0.1, -0.05) is 25.0 Å². The summed E-state index contributed by atoms with van der Waals surface area (Å²) in [7, 11) is 0. The van der Waals surface area contributed by atoms with Crippen LogP contribution in [0.5, 0.6) is 0 Å². The Bertz CT molecular complexity index is 1310. The Morgan fingerprint density at radius 2 is 1.81 bits per heavy atom. The van der Waals surface area contributed by atoms with Crippen LogP contribution in [0.2, 0.25) is 0 Å². The van der Waals surface area contributed by atoms with E-state index in [4.69, 9.17) is 10.2 Å². The number of nitrogens with one attached hydrogen (secondary N) is 1. The number of nitriles is 1. The smallest absolute Gasteiger partial charge is 0.126 e. The number of pyridine rings is 1. The second-order valence-corrected chi connectivity index (χ2v) is 11.0. The zero-order valence-corrected chi connectivity index (χ0v) is 21.4. The second-order valence-electron chi connectivity index (χ2n) is 11.0. The van der Waals surface area contributed by atoms with Gasteiger partial charge in [-0.05, 0) is 109 Å². The highest BCUT2D eigenvalue weighted by atomic mass is 15.1. The fourth-order valence-corrected chi connectivity index (χ4v) is 6.52. The molecule has 3 aliphatic rings. The van der Waals surface area contributed by atoms with Crippen molar-refractivity contribution in [2.45, 2.75) is 57.5 Å². The molecule has 3 aromatic rings. The average Bonchev–Trinajstić information content (AvgIpc) is 3.43. The maximum absolute atomic E-state index is 9.12. The number of anilines is 2. The van der Waals surface area contributed by atoms with E-state index in [-0.39, 0.29) is 0 Å². The first kappa shape index (κ1) is 23.7. The summed E-state index contributed by atoms with van der Waals surface area (Å²) in [5.41, 5.74) is 6.97. The highest BCUT2D eigenvalue weighted by Crippen LogP contribution is 2.36. The van der Waals surface area contributed by atoms with E-state index in [2.05, 4.69) is 63.7 Å². The molecule has 0 bridgehead atoms. The van der Waals surface area contributed by atoms with E-state index in [0.717, 1.165) is 31.0 Å². The number of aromatic nitrogens is 1. The molecule has 2 aromatic carbocycles. The molecule has 5 nitrogen and oxygen atoms in total. The maximum Gasteiger partial charge on any atom is 0.126 e. The number of fused-ring (bicyclic) bond motifs is 1. The number of hydrogen-bond donors (Lipinski definition) is 1. The predicted molar refractivity (Wildman–Crippen MR) is 151 cm³/mol. The van der Waals surface area contributed by atoms with Crippen LogP contribution in [0.4, 0.5) is 11.5 Å². The third-order valence-electron chi connectivity index (χ3n) is 8.49. The molecule has 2 fully saturated rings. The van der Waals surface area contributed by atoms with Gasteiger partial charge in [-0.2, -0.15) is 5.26 Å². The zero-order chi connectivity index (χ0) is 25.0. The number of hydrogen-bond acceptors (Lipinski definition) is 5. The first-order valence-corrected chi connectivity index (χ1v) is 13.9. The Balaban J connectivity index is 1.12. The standard InChI is InChI=1S/C32H35N5/c33-19-23-7-11-30(12-8-23)37-15-3-4-24(22-37)16-27-5-1-2-6-31(27)36-32-18-26(13-14-35-32)25-9-10-28-20-34-21-29(28)17-25/h7-14,17-18,20,24,27,31H,1-6,15-16,21-22H2,(H,35,36)/t24-,27+,31-/m1/s1. The van der Waals surface area contributed by atoms with Gasteiger partial charge in [0.2, 0.25) is 0 Å². The lowest BCUT2D eigenvalue weighted by Gasteiger charge is -2.39. The Hall–Kier alpha value is -3.65. The summed E-state index contributed by atoms with van der Waals surface area (Å²) < 4.78 is 0. The predicted octanol–water partition coefficient (Wildman–Crippen LogP) is 6.83. The average molecular weight is 490 g/mol. The second kappa shape index (κ2) is 10.8. The Morgan fingerprint density at radius 3 is 2.70 bits per heavy atom. The summed E-state index contributed by atoms with van der Waals surface area (Å²) in [6.07, 6.45) is 12.9. The summed E-state index contributed by atoms with van der Waals surface area (Å²) in [5, 5.41) is 13.0. The topological polar surface area (TPSA) is 64.3 Å². The van der Waals surface area contributed by atoms with E-state index in [0.29, 0.717) is 17.9 Å². The van der Waals surface area contributed by atoms with Crippen molar-refractivity contribution >= 4 is 17.7 Å². The van der Waals surface area contributed by atoms with Gasteiger partial charge in [-0.3, -0.25) is 4.99 Å². The van der Waals surface area contributed by atoms with Crippen molar-refractivity contribution in [1.29, 1.82) is 5.26 Å². The maximum atomic E-state index is 9.12. The van der Waals surface area contributed by atoms with Crippen LogP contribution in [0, 0.1) is 23.2 Å². The highest BCUT2D eigenvalue weighted by molar-refractivity contribution is 5.86. The van der Waals surface area contributed by atoms with Crippen LogP contribution in [0.1, 0.15) is 61.6 Å². The molecular formula is C32H35N5. The van der Waals surface area contributed by atoms with Crippen LogP contribution in [0.3, 0.4) is 0 Å². The molecule has 1 N–H and O–H groups in total. The quantitative estimate of drug-likeness (QED) is 0.412. The molecule has 1 saturated carbocycles. The Kier molecular flexibility index (Phi) is 6.90. The minimum atomic E-state index is 0.482. The molecule has 0 radical (unpaired) electrons. The number of aliphatic imine (C=N–C) groups is 1. The summed E-state index contributed by atoms with van der Waals surface area (Å²) >= 11 is 0. The largest absolute Gasteiger partial charge is 0.371 e. The van der Waals surface area contributed by atoms with E-state index in [1.54, 1.807) is 0 Å². The first-order chi connectivity index (χ1) is 18.2. The van der Waals surface area contributed by atoms with Crippen LogP contribution >= 0.6 is 0 Å². The number of benzene rings is 2. The third kappa shape index (κ3) is 5.39. The van der Waals surface area contributed by atoms with Gasteiger partial charge in [0.15, 0.2) is 0 Å². The summed E-state index contributed by atoms with van der Waals surface area (Å²) in [6, 6.07) is 21.8. The Labute approximate surface area is 220 Å². The van der Waals surface area contributed by atoms with Gasteiger partial charge in [-0.15, -0.1) is 0 Å². The molecule has 37 heavy (non-hydrogen) atoms. The SMILES string of the molecule is N#Cc1ccc(N2CCC[C@H](C[C@@H]3CCCC[C@H]3Nc3cc(-c4ccc5c(c4)CN=C5)ccn3)C2)cc1. The third-order valence-corrected chi connectivity index (χ3v) is 8.49. The molecule has 1 aliphatic carbocycles. The molecular weight excluding hydrogens is 454 g/mol. The lowest BCUT2D eigenvalue weighted by Crippen LogP contribution is -2.39. The van der Waals surface area contributed by atoms with E-state index in [9.17, 15) is 0 Å². The van der Waals surface area contributed by atoms with E-state index in [1.165, 1.54) is 72.9 Å². The molecule has 5 heteroatoms. The molecule has 2 aliphatic heterocycles. The van der Waals surface area contributed by atoms with Crippen LogP contribution in [0.15, 0.2) is 65.8 Å². The van der Waals surface area contributed by atoms with E-state index < -0.39 is 0 Å². The minimum Gasteiger partial charge on any atom is -0.371 e. The van der Waals surface area contributed by atoms with E-state index in [1.807, 2.05) is 24.5 Å².